The Kier molecular flexibility index (Phi) is 5.11. The lowest BCUT2D eigenvalue weighted by Crippen LogP contribution is -2.11. The lowest BCUT2D eigenvalue weighted by atomic mass is 10.1. The molecule has 1 aromatic heterocycles. The number of benzene rings is 2. The molecule has 1 unspecified atom stereocenters. The third-order valence-electron chi connectivity index (χ3n) is 3.50. The number of aliphatic hydroxyl groups excluding tert-OH is 1. The minimum Gasteiger partial charge on any atom is -0.382 e. The average Bonchev–Trinajstić information content (AvgIpc) is 2.81. The fraction of sp³-hybridized carbons (Fsp3) is 0.0625. The molecule has 0 saturated carbocycles. The Morgan fingerprint density at radius 2 is 1.72 bits per heavy atom. The van der Waals surface area contributed by atoms with E-state index in [1.54, 1.807) is 0 Å². The molecule has 25 heavy (non-hydrogen) atoms. The van der Waals surface area contributed by atoms with Crippen LogP contribution in [0.1, 0.15) is 17.4 Å². The molecule has 0 aliphatic heterocycles. The number of nitrogens with zero attached hydrogens (tertiary/aromatic N) is 2. The summed E-state index contributed by atoms with van der Waals surface area (Å²) in [5, 5.41) is 10.3. The Labute approximate surface area is 158 Å². The first-order chi connectivity index (χ1) is 11.8. The zero-order valence-corrected chi connectivity index (χ0v) is 15.2. The van der Waals surface area contributed by atoms with Gasteiger partial charge in [0, 0.05) is 10.6 Å². The molecule has 0 spiro atoms. The summed E-state index contributed by atoms with van der Waals surface area (Å²) in [4.78, 5) is 3.90. The van der Waals surface area contributed by atoms with E-state index in [4.69, 9.17) is 23.2 Å². The smallest absolute Gasteiger partial charge is 0.209 e. The van der Waals surface area contributed by atoms with E-state index in [9.17, 15) is 18.3 Å². The van der Waals surface area contributed by atoms with Crippen LogP contribution in [-0.4, -0.2) is 14.7 Å². The van der Waals surface area contributed by atoms with Crippen molar-refractivity contribution in [2.24, 2.45) is 0 Å². The SMILES string of the molecule is OC(c1ccc(F)cc1Cl)c1c(Br)nc(Cl)n1-c1c(F)cccc1F. The minimum absolute atomic E-state index is 0.0532. The number of rotatable bonds is 3. The largest absolute Gasteiger partial charge is 0.382 e. The molecule has 1 N–H and O–H groups in total. The first-order valence-corrected chi connectivity index (χ1v) is 8.37. The monoisotopic (exact) mass is 450 g/mol. The summed E-state index contributed by atoms with van der Waals surface area (Å²) in [6.45, 7) is 0. The van der Waals surface area contributed by atoms with Gasteiger partial charge in [-0.2, -0.15) is 0 Å². The maximum atomic E-state index is 14.2. The van der Waals surface area contributed by atoms with Crippen molar-refractivity contribution in [3.05, 3.63) is 80.0 Å². The number of para-hydroxylation sites is 1. The first-order valence-electron chi connectivity index (χ1n) is 6.82. The van der Waals surface area contributed by atoms with Gasteiger partial charge in [0.2, 0.25) is 5.28 Å². The normalized spacial score (nSPS) is 12.4. The lowest BCUT2D eigenvalue weighted by Gasteiger charge is -2.17. The highest BCUT2D eigenvalue weighted by Crippen LogP contribution is 2.37. The van der Waals surface area contributed by atoms with E-state index < -0.39 is 29.2 Å². The predicted molar refractivity (Wildman–Crippen MR) is 91.7 cm³/mol. The summed E-state index contributed by atoms with van der Waals surface area (Å²) in [7, 11) is 0. The van der Waals surface area contributed by atoms with Crippen LogP contribution in [-0.2, 0) is 0 Å². The number of hydrogen-bond acceptors (Lipinski definition) is 2. The van der Waals surface area contributed by atoms with Gasteiger partial charge in [0.05, 0.1) is 5.69 Å². The van der Waals surface area contributed by atoms with Crippen LogP contribution in [0, 0.1) is 17.5 Å². The molecule has 0 bridgehead atoms. The van der Waals surface area contributed by atoms with Crippen LogP contribution in [0.4, 0.5) is 13.2 Å². The molecule has 130 valence electrons. The van der Waals surface area contributed by atoms with Crippen LogP contribution >= 0.6 is 39.1 Å². The molecule has 0 amide bonds. The Morgan fingerprint density at radius 1 is 1.08 bits per heavy atom. The van der Waals surface area contributed by atoms with Crippen molar-refractivity contribution in [2.45, 2.75) is 6.10 Å². The van der Waals surface area contributed by atoms with Crippen molar-refractivity contribution < 1.29 is 18.3 Å². The van der Waals surface area contributed by atoms with E-state index in [-0.39, 0.29) is 26.2 Å². The summed E-state index contributed by atoms with van der Waals surface area (Å²) >= 11 is 15.1. The molecule has 3 aromatic rings. The maximum absolute atomic E-state index is 14.2. The molecule has 3 nitrogen and oxygen atoms in total. The van der Waals surface area contributed by atoms with Crippen LogP contribution in [0.25, 0.3) is 5.69 Å². The molecule has 0 saturated heterocycles. The van der Waals surface area contributed by atoms with Gasteiger partial charge in [-0.05, 0) is 51.8 Å². The quantitative estimate of drug-likeness (QED) is 0.575. The van der Waals surface area contributed by atoms with Gasteiger partial charge in [0.15, 0.2) is 0 Å². The van der Waals surface area contributed by atoms with E-state index in [0.717, 1.165) is 28.8 Å². The lowest BCUT2D eigenvalue weighted by molar-refractivity contribution is 0.212. The van der Waals surface area contributed by atoms with Crippen molar-refractivity contribution >= 4 is 39.1 Å². The summed E-state index contributed by atoms with van der Waals surface area (Å²) in [5.41, 5.74) is -0.432. The van der Waals surface area contributed by atoms with Gasteiger partial charge in [-0.1, -0.05) is 23.7 Å². The van der Waals surface area contributed by atoms with E-state index in [1.807, 2.05) is 0 Å². The molecular formula is C16H8BrCl2F3N2O. The number of aliphatic hydroxyl groups is 1. The molecule has 9 heteroatoms. The van der Waals surface area contributed by atoms with E-state index in [1.165, 1.54) is 12.1 Å². The second-order valence-electron chi connectivity index (χ2n) is 5.03. The molecule has 0 fully saturated rings. The standard InChI is InChI=1S/C16H8BrCl2F3N2O/c17-15-13(14(25)8-5-4-7(20)6-9(8)18)24(16(19)23-15)12-10(21)2-1-3-11(12)22/h1-6,14,25H. The molecule has 1 atom stereocenters. The van der Waals surface area contributed by atoms with Gasteiger partial charge in [0.1, 0.15) is 33.8 Å². The van der Waals surface area contributed by atoms with Crippen LogP contribution in [0.5, 0.6) is 0 Å². The third-order valence-corrected chi connectivity index (χ3v) is 4.67. The fourth-order valence-electron chi connectivity index (χ4n) is 2.40. The van der Waals surface area contributed by atoms with Crippen molar-refractivity contribution in [1.29, 1.82) is 0 Å². The van der Waals surface area contributed by atoms with Gasteiger partial charge >= 0.3 is 0 Å². The van der Waals surface area contributed by atoms with Crippen molar-refractivity contribution in [3.63, 3.8) is 0 Å². The van der Waals surface area contributed by atoms with Crippen LogP contribution in [0.3, 0.4) is 0 Å². The minimum atomic E-state index is -1.47. The second-order valence-corrected chi connectivity index (χ2v) is 6.53. The van der Waals surface area contributed by atoms with Crippen LogP contribution < -0.4 is 0 Å². The molecule has 3 rings (SSSR count). The van der Waals surface area contributed by atoms with Gasteiger partial charge in [0.25, 0.3) is 0 Å². The summed E-state index contributed by atoms with van der Waals surface area (Å²) < 4.78 is 42.6. The van der Waals surface area contributed by atoms with Gasteiger partial charge in [-0.15, -0.1) is 0 Å². The van der Waals surface area contributed by atoms with Crippen molar-refractivity contribution in [1.82, 2.24) is 9.55 Å². The average molecular weight is 452 g/mol. The number of hydrogen-bond donors (Lipinski definition) is 1. The fourth-order valence-corrected chi connectivity index (χ4v) is 3.60. The number of imidazole rings is 1. The Morgan fingerprint density at radius 3 is 2.32 bits per heavy atom. The topological polar surface area (TPSA) is 38.1 Å². The molecule has 0 aliphatic carbocycles. The van der Waals surface area contributed by atoms with Gasteiger partial charge < -0.3 is 5.11 Å². The predicted octanol–water partition coefficient (Wildman–Crippen LogP) is 5.44. The van der Waals surface area contributed by atoms with Gasteiger partial charge in [-0.25, -0.2) is 18.2 Å². The Hall–Kier alpha value is -1.54. The van der Waals surface area contributed by atoms with E-state index in [2.05, 4.69) is 20.9 Å². The molecule has 2 aromatic carbocycles. The first kappa shape index (κ1) is 18.3. The van der Waals surface area contributed by atoms with Gasteiger partial charge in [-0.3, -0.25) is 4.57 Å². The molecule has 0 aliphatic rings. The third kappa shape index (κ3) is 3.29. The summed E-state index contributed by atoms with van der Waals surface area (Å²) in [6, 6.07) is 6.66. The second kappa shape index (κ2) is 6.99. The zero-order chi connectivity index (χ0) is 18.3. The van der Waals surface area contributed by atoms with Crippen LogP contribution in [0.2, 0.25) is 10.3 Å². The van der Waals surface area contributed by atoms with E-state index >= 15 is 0 Å². The number of halogens is 6. The Balaban J connectivity index is 2.24. The Bertz CT molecular complexity index is 945. The molecular weight excluding hydrogens is 444 g/mol. The van der Waals surface area contributed by atoms with Crippen molar-refractivity contribution in [3.8, 4) is 5.69 Å². The highest BCUT2D eigenvalue weighted by Gasteiger charge is 2.28. The highest BCUT2D eigenvalue weighted by molar-refractivity contribution is 9.10. The zero-order valence-electron chi connectivity index (χ0n) is 12.2. The summed E-state index contributed by atoms with van der Waals surface area (Å²) in [6.07, 6.45) is -1.47. The maximum Gasteiger partial charge on any atom is 0.209 e. The molecule has 0 radical (unpaired) electrons. The highest BCUT2D eigenvalue weighted by atomic mass is 79.9. The number of aromatic nitrogens is 2. The van der Waals surface area contributed by atoms with E-state index in [0.29, 0.717) is 0 Å². The summed E-state index contributed by atoms with van der Waals surface area (Å²) in [5.74, 6) is -2.39. The molecule has 1 heterocycles. The van der Waals surface area contributed by atoms with Crippen LogP contribution in [0.15, 0.2) is 41.0 Å². The van der Waals surface area contributed by atoms with Crippen molar-refractivity contribution in [2.75, 3.05) is 0 Å².